The first-order chi connectivity index (χ1) is 17.8. The smallest absolute Gasteiger partial charge is 0.245 e. The quantitative estimate of drug-likeness (QED) is 0.276. The second kappa shape index (κ2) is 12.1. The molecule has 1 atom stereocenters. The zero-order chi connectivity index (χ0) is 26.4. The lowest BCUT2D eigenvalue weighted by atomic mass is 10.1. The van der Waals surface area contributed by atoms with Gasteiger partial charge in [-0.25, -0.2) is 5.43 Å². The van der Waals surface area contributed by atoms with Gasteiger partial charge in [0.05, 0.1) is 28.8 Å². The summed E-state index contributed by atoms with van der Waals surface area (Å²) >= 11 is 12.1. The van der Waals surface area contributed by atoms with E-state index in [1.165, 1.54) is 6.21 Å². The maximum absolute atomic E-state index is 12.6. The summed E-state index contributed by atoms with van der Waals surface area (Å²) in [5.74, 6) is 0.265. The molecule has 0 saturated carbocycles. The van der Waals surface area contributed by atoms with Gasteiger partial charge in [-0.15, -0.1) is 0 Å². The average Bonchev–Trinajstić information content (AvgIpc) is 3.28. The molecule has 7 nitrogen and oxygen atoms in total. The Bertz CT molecular complexity index is 1310. The summed E-state index contributed by atoms with van der Waals surface area (Å²) in [6.45, 7) is 4.93. The fourth-order valence-corrected chi connectivity index (χ4v) is 4.22. The Morgan fingerprint density at radius 2 is 1.84 bits per heavy atom. The average molecular weight is 540 g/mol. The minimum Gasteiger partial charge on any atom is -0.490 e. The predicted octanol–water partition coefficient (Wildman–Crippen LogP) is 5.78. The molecule has 1 fully saturated rings. The number of hydrogen-bond acceptors (Lipinski definition) is 5. The van der Waals surface area contributed by atoms with Crippen LogP contribution in [0.15, 0.2) is 65.8 Å². The van der Waals surface area contributed by atoms with Crippen LogP contribution in [0.4, 0.5) is 5.69 Å². The number of anilines is 1. The molecule has 1 saturated heterocycles. The van der Waals surface area contributed by atoms with Gasteiger partial charge in [0, 0.05) is 18.7 Å². The molecule has 0 aromatic heterocycles. The van der Waals surface area contributed by atoms with Crippen LogP contribution in [0.25, 0.3) is 0 Å². The molecule has 4 rings (SSSR count). The summed E-state index contributed by atoms with van der Waals surface area (Å²) in [7, 11) is 0. The summed E-state index contributed by atoms with van der Waals surface area (Å²) in [5, 5.41) is 5.03. The van der Waals surface area contributed by atoms with E-state index in [1.54, 1.807) is 35.2 Å². The number of hydrogen-bond donors (Lipinski definition) is 1. The van der Waals surface area contributed by atoms with Crippen LogP contribution in [0.1, 0.15) is 30.0 Å². The van der Waals surface area contributed by atoms with Crippen molar-refractivity contribution in [1.82, 2.24) is 5.43 Å². The van der Waals surface area contributed by atoms with E-state index >= 15 is 0 Å². The number of amides is 2. The molecular weight excluding hydrogens is 513 g/mol. The van der Waals surface area contributed by atoms with Crippen molar-refractivity contribution in [3.63, 3.8) is 0 Å². The number of benzene rings is 3. The van der Waals surface area contributed by atoms with Crippen molar-refractivity contribution in [3.8, 4) is 11.5 Å². The number of nitrogens with zero attached hydrogens (tertiary/aromatic N) is 2. The first kappa shape index (κ1) is 26.5. The summed E-state index contributed by atoms with van der Waals surface area (Å²) < 4.78 is 11.6. The normalized spacial score (nSPS) is 15.3. The third kappa shape index (κ3) is 6.81. The van der Waals surface area contributed by atoms with Gasteiger partial charge in [0.15, 0.2) is 11.5 Å². The molecule has 192 valence electrons. The topological polar surface area (TPSA) is 80.2 Å². The van der Waals surface area contributed by atoms with Gasteiger partial charge in [-0.2, -0.15) is 5.10 Å². The number of aryl methyl sites for hydroxylation is 1. The highest BCUT2D eigenvalue weighted by molar-refractivity contribution is 6.42. The van der Waals surface area contributed by atoms with Gasteiger partial charge in [-0.05, 0) is 67.4 Å². The number of rotatable bonds is 9. The number of nitrogens with one attached hydrogen (secondary N) is 1. The molecule has 0 spiro atoms. The molecule has 2 amide bonds. The molecule has 1 aliphatic rings. The van der Waals surface area contributed by atoms with Gasteiger partial charge in [-0.3, -0.25) is 9.59 Å². The largest absolute Gasteiger partial charge is 0.490 e. The van der Waals surface area contributed by atoms with E-state index in [4.69, 9.17) is 32.7 Å². The van der Waals surface area contributed by atoms with Crippen LogP contribution in [-0.4, -0.2) is 31.2 Å². The Labute approximate surface area is 226 Å². The maximum atomic E-state index is 12.6. The molecule has 3 aromatic rings. The highest BCUT2D eigenvalue weighted by Crippen LogP contribution is 2.30. The van der Waals surface area contributed by atoms with Gasteiger partial charge in [0.2, 0.25) is 11.8 Å². The van der Waals surface area contributed by atoms with Crippen LogP contribution >= 0.6 is 23.2 Å². The Morgan fingerprint density at radius 3 is 2.57 bits per heavy atom. The lowest BCUT2D eigenvalue weighted by molar-refractivity contribution is -0.126. The van der Waals surface area contributed by atoms with Crippen LogP contribution in [0.5, 0.6) is 11.5 Å². The van der Waals surface area contributed by atoms with Crippen LogP contribution in [0, 0.1) is 12.8 Å². The number of carbonyl (C=O) groups is 2. The summed E-state index contributed by atoms with van der Waals surface area (Å²) in [6, 6.07) is 18.4. The fourth-order valence-electron chi connectivity index (χ4n) is 3.90. The van der Waals surface area contributed by atoms with Crippen LogP contribution in [0.2, 0.25) is 10.0 Å². The molecule has 3 aromatic carbocycles. The second-order valence-electron chi connectivity index (χ2n) is 8.65. The Morgan fingerprint density at radius 1 is 1.05 bits per heavy atom. The van der Waals surface area contributed by atoms with E-state index in [-0.39, 0.29) is 18.2 Å². The summed E-state index contributed by atoms with van der Waals surface area (Å²) in [5.41, 5.74) is 6.04. The molecule has 0 bridgehead atoms. The first-order valence-electron chi connectivity index (χ1n) is 11.9. The number of ether oxygens (including phenoxy) is 2. The molecule has 1 heterocycles. The van der Waals surface area contributed by atoms with Crippen molar-refractivity contribution in [1.29, 1.82) is 0 Å². The maximum Gasteiger partial charge on any atom is 0.245 e. The zero-order valence-corrected chi connectivity index (χ0v) is 22.1. The Kier molecular flexibility index (Phi) is 8.69. The third-order valence-electron chi connectivity index (χ3n) is 5.88. The number of carbonyl (C=O) groups excluding carboxylic acids is 2. The van der Waals surface area contributed by atoms with Crippen molar-refractivity contribution in [2.45, 2.75) is 26.9 Å². The Hall–Kier alpha value is -3.55. The molecule has 1 aliphatic heterocycles. The molecule has 1 N–H and O–H groups in total. The first-order valence-corrected chi connectivity index (χ1v) is 12.6. The number of hydrazone groups is 1. The van der Waals surface area contributed by atoms with Crippen LogP contribution < -0.4 is 19.8 Å². The van der Waals surface area contributed by atoms with Crippen LogP contribution in [-0.2, 0) is 16.2 Å². The van der Waals surface area contributed by atoms with Crippen molar-refractivity contribution in [2.24, 2.45) is 11.0 Å². The minimum atomic E-state index is -0.470. The standard InChI is InChI=1S/C28H27Cl2N3O4/c1-3-36-26-13-19(7-11-25(26)37-17-20-6-10-23(29)24(30)12-20)15-31-32-28(35)21-14-27(34)33(16-21)22-8-4-18(2)5-9-22/h4-13,15,21H,3,14,16-17H2,1-2H3,(H,32,35)/b31-15+/t21-/m1/s1. The van der Waals surface area contributed by atoms with E-state index in [2.05, 4.69) is 10.5 Å². The summed E-state index contributed by atoms with van der Waals surface area (Å²) in [4.78, 5) is 26.7. The van der Waals surface area contributed by atoms with Crippen molar-refractivity contribution in [3.05, 3.63) is 87.4 Å². The van der Waals surface area contributed by atoms with Crippen molar-refractivity contribution in [2.75, 3.05) is 18.1 Å². The van der Waals surface area contributed by atoms with Gasteiger partial charge in [0.25, 0.3) is 0 Å². The van der Waals surface area contributed by atoms with Gasteiger partial charge in [0.1, 0.15) is 6.61 Å². The molecule has 0 radical (unpaired) electrons. The summed E-state index contributed by atoms with van der Waals surface area (Å²) in [6.07, 6.45) is 1.67. The lowest BCUT2D eigenvalue weighted by Gasteiger charge is -2.16. The highest BCUT2D eigenvalue weighted by Gasteiger charge is 2.35. The predicted molar refractivity (Wildman–Crippen MR) is 146 cm³/mol. The van der Waals surface area contributed by atoms with Crippen molar-refractivity contribution < 1.29 is 19.1 Å². The number of halogens is 2. The van der Waals surface area contributed by atoms with E-state index in [0.29, 0.717) is 41.3 Å². The second-order valence-corrected chi connectivity index (χ2v) is 9.47. The monoisotopic (exact) mass is 539 g/mol. The van der Waals surface area contributed by atoms with Gasteiger partial charge < -0.3 is 14.4 Å². The van der Waals surface area contributed by atoms with E-state index in [9.17, 15) is 9.59 Å². The molecular formula is C28H27Cl2N3O4. The fraction of sp³-hybridized carbons (Fsp3) is 0.250. The molecule has 37 heavy (non-hydrogen) atoms. The van der Waals surface area contributed by atoms with E-state index in [1.807, 2.05) is 44.2 Å². The van der Waals surface area contributed by atoms with Crippen molar-refractivity contribution >= 4 is 46.9 Å². The van der Waals surface area contributed by atoms with E-state index < -0.39 is 5.92 Å². The van der Waals surface area contributed by atoms with Gasteiger partial charge in [-0.1, -0.05) is 47.0 Å². The lowest BCUT2D eigenvalue weighted by Crippen LogP contribution is -2.30. The zero-order valence-electron chi connectivity index (χ0n) is 20.5. The van der Waals surface area contributed by atoms with Gasteiger partial charge >= 0.3 is 0 Å². The SMILES string of the molecule is CCOc1cc(/C=N/NC(=O)[C@@H]2CC(=O)N(c3ccc(C)cc3)C2)ccc1OCc1ccc(Cl)c(Cl)c1. The molecule has 0 unspecified atom stereocenters. The highest BCUT2D eigenvalue weighted by atomic mass is 35.5. The van der Waals surface area contributed by atoms with E-state index in [0.717, 1.165) is 22.4 Å². The molecule has 0 aliphatic carbocycles. The minimum absolute atomic E-state index is 0.0780. The third-order valence-corrected chi connectivity index (χ3v) is 6.61. The van der Waals surface area contributed by atoms with Crippen LogP contribution in [0.3, 0.4) is 0 Å². The molecule has 9 heteroatoms. The Balaban J connectivity index is 1.35.